The number of aliphatic hydroxyl groups is 1. The fourth-order valence-corrected chi connectivity index (χ4v) is 3.27. The predicted octanol–water partition coefficient (Wildman–Crippen LogP) is 0.0139. The van der Waals surface area contributed by atoms with Crippen molar-refractivity contribution in [1.29, 1.82) is 0 Å². The molecule has 0 saturated carbocycles. The van der Waals surface area contributed by atoms with Gasteiger partial charge in [-0.15, -0.1) is 0 Å². The molecule has 6 heteroatoms. The molecule has 22 heavy (non-hydrogen) atoms. The third-order valence-electron chi connectivity index (χ3n) is 4.64. The molecule has 2 rings (SSSR count). The Morgan fingerprint density at radius 2 is 1.91 bits per heavy atom. The lowest BCUT2D eigenvalue weighted by Crippen LogP contribution is -2.52. The number of ether oxygens (including phenoxy) is 1. The van der Waals surface area contributed by atoms with E-state index in [9.17, 15) is 9.90 Å². The normalized spacial score (nSPS) is 24.6. The number of rotatable bonds is 7. The zero-order valence-corrected chi connectivity index (χ0v) is 13.9. The molecule has 0 aromatic heterocycles. The number of methoxy groups -OCH3 is 1. The van der Waals surface area contributed by atoms with E-state index in [1.807, 2.05) is 4.90 Å². The van der Waals surface area contributed by atoms with Crippen LogP contribution >= 0.6 is 0 Å². The topological polar surface area (TPSA) is 56.2 Å². The maximum Gasteiger partial charge on any atom is 0.236 e. The Morgan fingerprint density at radius 3 is 2.59 bits per heavy atom. The second kappa shape index (κ2) is 9.45. The summed E-state index contributed by atoms with van der Waals surface area (Å²) < 4.78 is 5.07. The van der Waals surface area contributed by atoms with Crippen molar-refractivity contribution in [3.8, 4) is 0 Å². The van der Waals surface area contributed by atoms with Gasteiger partial charge in [0.1, 0.15) is 0 Å². The number of β-amino-alcohol motifs (C(OH)–C–C–N with tert-alkyl or cyclic N) is 1. The highest BCUT2D eigenvalue weighted by atomic mass is 16.5. The van der Waals surface area contributed by atoms with Gasteiger partial charge in [0.05, 0.1) is 12.6 Å². The van der Waals surface area contributed by atoms with Gasteiger partial charge in [0.25, 0.3) is 0 Å². The fraction of sp³-hybridized carbons (Fsp3) is 0.938. The summed E-state index contributed by atoms with van der Waals surface area (Å²) in [6.07, 6.45) is 3.86. The smallest absolute Gasteiger partial charge is 0.236 e. The van der Waals surface area contributed by atoms with Crippen LogP contribution in [0.3, 0.4) is 0 Å². The molecule has 2 saturated heterocycles. The van der Waals surface area contributed by atoms with Crippen LogP contribution in [0.1, 0.15) is 25.7 Å². The molecule has 1 atom stereocenters. The molecule has 0 aromatic rings. The van der Waals surface area contributed by atoms with Crippen molar-refractivity contribution in [3.05, 3.63) is 0 Å². The Hall–Kier alpha value is -0.690. The maximum atomic E-state index is 12.3. The summed E-state index contributed by atoms with van der Waals surface area (Å²) in [5.74, 6) is 0.216. The Bertz CT molecular complexity index is 333. The molecule has 0 aromatic carbocycles. The van der Waals surface area contributed by atoms with Crippen molar-refractivity contribution < 1.29 is 14.6 Å². The van der Waals surface area contributed by atoms with Crippen LogP contribution in [0, 0.1) is 0 Å². The zero-order chi connectivity index (χ0) is 15.8. The van der Waals surface area contributed by atoms with E-state index in [0.717, 1.165) is 71.6 Å². The van der Waals surface area contributed by atoms with E-state index in [1.165, 1.54) is 0 Å². The standard InChI is InChI=1S/C16H31N3O3/c1-22-12-3-2-6-17-8-10-19(11-9-17)16(21)14-18-7-4-5-15(20)13-18/h15,20H,2-14H2,1H3. The molecule has 6 nitrogen and oxygen atoms in total. The Morgan fingerprint density at radius 1 is 1.14 bits per heavy atom. The highest BCUT2D eigenvalue weighted by Crippen LogP contribution is 2.11. The summed E-state index contributed by atoms with van der Waals surface area (Å²) in [5, 5.41) is 9.68. The summed E-state index contributed by atoms with van der Waals surface area (Å²) in [6, 6.07) is 0. The van der Waals surface area contributed by atoms with Crippen molar-refractivity contribution in [1.82, 2.24) is 14.7 Å². The molecule has 1 unspecified atom stereocenters. The highest BCUT2D eigenvalue weighted by Gasteiger charge is 2.24. The molecule has 0 bridgehead atoms. The van der Waals surface area contributed by atoms with E-state index in [-0.39, 0.29) is 12.0 Å². The van der Waals surface area contributed by atoms with E-state index in [0.29, 0.717) is 13.1 Å². The second-order valence-corrected chi connectivity index (χ2v) is 6.45. The molecule has 128 valence electrons. The molecule has 1 N–H and O–H groups in total. The largest absolute Gasteiger partial charge is 0.392 e. The fourth-order valence-electron chi connectivity index (χ4n) is 3.27. The average Bonchev–Trinajstić information content (AvgIpc) is 2.52. The molecule has 0 aliphatic carbocycles. The van der Waals surface area contributed by atoms with E-state index in [4.69, 9.17) is 4.74 Å². The molecule has 2 aliphatic rings. The molecule has 0 spiro atoms. The van der Waals surface area contributed by atoms with Gasteiger partial charge in [-0.1, -0.05) is 0 Å². The first-order valence-corrected chi connectivity index (χ1v) is 8.58. The SMILES string of the molecule is COCCCCN1CCN(C(=O)CN2CCCC(O)C2)CC1. The van der Waals surface area contributed by atoms with E-state index in [2.05, 4.69) is 9.80 Å². The first-order chi connectivity index (χ1) is 10.7. The van der Waals surface area contributed by atoms with E-state index < -0.39 is 0 Å². The summed E-state index contributed by atoms with van der Waals surface area (Å²) in [6.45, 7) is 7.59. The molecule has 1 amide bonds. The minimum atomic E-state index is -0.259. The van der Waals surface area contributed by atoms with Gasteiger partial charge in [0, 0.05) is 46.4 Å². The van der Waals surface area contributed by atoms with Crippen LogP contribution in [-0.4, -0.2) is 97.9 Å². The number of aliphatic hydroxyl groups excluding tert-OH is 1. The third-order valence-corrected chi connectivity index (χ3v) is 4.64. The summed E-state index contributed by atoms with van der Waals surface area (Å²) in [4.78, 5) is 18.9. The van der Waals surface area contributed by atoms with Gasteiger partial charge in [-0.25, -0.2) is 0 Å². The third kappa shape index (κ3) is 5.83. The number of hydrogen-bond acceptors (Lipinski definition) is 5. The van der Waals surface area contributed by atoms with Gasteiger partial charge in [-0.3, -0.25) is 14.6 Å². The predicted molar refractivity (Wildman–Crippen MR) is 85.8 cm³/mol. The van der Waals surface area contributed by atoms with Crippen LogP contribution < -0.4 is 0 Å². The number of unbranched alkanes of at least 4 members (excludes halogenated alkanes) is 1. The minimum absolute atomic E-state index is 0.216. The van der Waals surface area contributed by atoms with Crippen molar-refractivity contribution >= 4 is 5.91 Å². The monoisotopic (exact) mass is 313 g/mol. The first kappa shape index (κ1) is 17.7. The number of carbonyl (C=O) groups excluding carboxylic acids is 1. The van der Waals surface area contributed by atoms with Gasteiger partial charge in [0.15, 0.2) is 0 Å². The number of carbonyl (C=O) groups is 1. The summed E-state index contributed by atoms with van der Waals surface area (Å²) in [5.41, 5.74) is 0. The van der Waals surface area contributed by atoms with Crippen molar-refractivity contribution in [2.75, 3.05) is 66.1 Å². The minimum Gasteiger partial charge on any atom is -0.392 e. The molecule has 2 heterocycles. The van der Waals surface area contributed by atoms with Crippen LogP contribution in [0.4, 0.5) is 0 Å². The van der Waals surface area contributed by atoms with Crippen LogP contribution in [0.15, 0.2) is 0 Å². The molecule has 2 aliphatic heterocycles. The molecule has 0 radical (unpaired) electrons. The number of amides is 1. The molecular weight excluding hydrogens is 282 g/mol. The van der Waals surface area contributed by atoms with Crippen LogP contribution in [0.2, 0.25) is 0 Å². The van der Waals surface area contributed by atoms with Gasteiger partial charge in [0.2, 0.25) is 5.91 Å². The van der Waals surface area contributed by atoms with Gasteiger partial charge in [-0.05, 0) is 38.8 Å². The van der Waals surface area contributed by atoms with Crippen LogP contribution in [-0.2, 0) is 9.53 Å². The molecule has 2 fully saturated rings. The zero-order valence-electron chi connectivity index (χ0n) is 13.9. The second-order valence-electron chi connectivity index (χ2n) is 6.45. The van der Waals surface area contributed by atoms with Crippen LogP contribution in [0.25, 0.3) is 0 Å². The van der Waals surface area contributed by atoms with Crippen molar-refractivity contribution in [3.63, 3.8) is 0 Å². The Kier molecular flexibility index (Phi) is 7.59. The summed E-state index contributed by atoms with van der Waals surface area (Å²) in [7, 11) is 1.74. The maximum absolute atomic E-state index is 12.3. The summed E-state index contributed by atoms with van der Waals surface area (Å²) >= 11 is 0. The number of likely N-dealkylation sites (tertiary alicyclic amines) is 1. The number of hydrogen-bond donors (Lipinski definition) is 1. The number of nitrogens with zero attached hydrogens (tertiary/aromatic N) is 3. The van der Waals surface area contributed by atoms with Crippen LogP contribution in [0.5, 0.6) is 0 Å². The molecular formula is C16H31N3O3. The van der Waals surface area contributed by atoms with Crippen molar-refractivity contribution in [2.45, 2.75) is 31.8 Å². The van der Waals surface area contributed by atoms with Crippen molar-refractivity contribution in [2.24, 2.45) is 0 Å². The average molecular weight is 313 g/mol. The Balaban J connectivity index is 1.62. The Labute approximate surface area is 134 Å². The number of piperazine rings is 1. The quantitative estimate of drug-likeness (QED) is 0.671. The van der Waals surface area contributed by atoms with Gasteiger partial charge >= 0.3 is 0 Å². The van der Waals surface area contributed by atoms with E-state index >= 15 is 0 Å². The van der Waals surface area contributed by atoms with Gasteiger partial charge in [-0.2, -0.15) is 0 Å². The lowest BCUT2D eigenvalue weighted by Gasteiger charge is -2.36. The lowest BCUT2D eigenvalue weighted by molar-refractivity contribution is -0.134. The number of piperidine rings is 1. The highest BCUT2D eigenvalue weighted by molar-refractivity contribution is 5.78. The lowest BCUT2D eigenvalue weighted by atomic mass is 10.1. The van der Waals surface area contributed by atoms with Gasteiger partial charge < -0.3 is 14.7 Å². The van der Waals surface area contributed by atoms with E-state index in [1.54, 1.807) is 7.11 Å². The first-order valence-electron chi connectivity index (χ1n) is 8.58.